The molecule has 17 heavy (non-hydrogen) atoms. The predicted molar refractivity (Wildman–Crippen MR) is 60.8 cm³/mol. The van der Waals surface area contributed by atoms with E-state index in [0.29, 0.717) is 26.2 Å². The molecular weight excluding hydrogens is 247 g/mol. The van der Waals surface area contributed by atoms with Crippen LogP contribution >= 0.6 is 0 Å². The maximum Gasteiger partial charge on any atom is 1.00 e. The Balaban J connectivity index is 0. The molecule has 1 atom stereocenters. The first-order valence-corrected chi connectivity index (χ1v) is 5.62. The summed E-state index contributed by atoms with van der Waals surface area (Å²) in [7, 11) is 0. The average Bonchev–Trinajstić information content (AvgIpc) is 2.24. The van der Waals surface area contributed by atoms with Crippen molar-refractivity contribution < 1.29 is 66.4 Å². The zero-order valence-electron chi connectivity index (χ0n) is 10.7. The van der Waals surface area contributed by atoms with Crippen LogP contribution in [0.4, 0.5) is 0 Å². The molecule has 1 unspecified atom stereocenters. The van der Waals surface area contributed by atoms with Crippen LogP contribution in [0, 0.1) is 0 Å². The Labute approximate surface area is 145 Å². The number of allylic oxidation sites excluding steroid dienone is 1. The van der Waals surface area contributed by atoms with E-state index in [1.54, 1.807) is 6.08 Å². The van der Waals surface area contributed by atoms with Gasteiger partial charge in [-0.05, 0) is 12.8 Å². The van der Waals surface area contributed by atoms with Crippen LogP contribution in [0.5, 0.6) is 0 Å². The summed E-state index contributed by atoms with van der Waals surface area (Å²) >= 11 is 0. The fourth-order valence-electron chi connectivity index (χ4n) is 1.10. The van der Waals surface area contributed by atoms with E-state index < -0.39 is 12.1 Å². The molecule has 0 heterocycles. The van der Waals surface area contributed by atoms with Crippen LogP contribution in [-0.2, 0) is 4.79 Å². The third-order valence-electron chi connectivity index (χ3n) is 1.93. The van der Waals surface area contributed by atoms with E-state index in [1.165, 1.54) is 0 Å². The second-order valence-electron chi connectivity index (χ2n) is 3.48. The molecule has 0 fully saturated rings. The van der Waals surface area contributed by atoms with E-state index in [9.17, 15) is 15.0 Å². The quantitative estimate of drug-likeness (QED) is 0.212. The number of carboxylic acids is 1. The van der Waals surface area contributed by atoms with Crippen LogP contribution in [0.2, 0.25) is 0 Å². The number of hydrogen-bond acceptors (Lipinski definition) is 5. The summed E-state index contributed by atoms with van der Waals surface area (Å²) in [4.78, 5) is 10.1. The minimum Gasteiger partial charge on any atom is -0.550 e. The van der Waals surface area contributed by atoms with Crippen molar-refractivity contribution in [2.24, 2.45) is 0 Å². The molecule has 0 saturated carbocycles. The van der Waals surface area contributed by atoms with Gasteiger partial charge in [-0.3, -0.25) is 0 Å². The van der Waals surface area contributed by atoms with E-state index in [4.69, 9.17) is 0 Å². The molecule has 0 aromatic heterocycles. The smallest absolute Gasteiger partial charge is 0.550 e. The third kappa shape index (κ3) is 16.7. The van der Waals surface area contributed by atoms with E-state index in [2.05, 4.69) is 10.6 Å². The molecule has 0 radical (unpaired) electrons. The van der Waals surface area contributed by atoms with Crippen molar-refractivity contribution >= 4 is 5.97 Å². The zero-order valence-corrected chi connectivity index (χ0v) is 13.9. The van der Waals surface area contributed by atoms with Crippen LogP contribution < -0.4 is 67.1 Å². The van der Waals surface area contributed by atoms with Crippen molar-refractivity contribution in [3.8, 4) is 0 Å². The van der Waals surface area contributed by atoms with Gasteiger partial charge in [0.1, 0.15) is 0 Å². The zero-order chi connectivity index (χ0) is 12.2. The number of hydrogen-bond donors (Lipinski definition) is 3. The van der Waals surface area contributed by atoms with Crippen LogP contribution in [-0.4, -0.2) is 43.4 Å². The first kappa shape index (κ1) is 20.1. The predicted octanol–water partition coefficient (Wildman–Crippen LogP) is -4.36. The second kappa shape index (κ2) is 14.8. The Bertz CT molecular complexity index is 213. The molecular formula is C11H21KN2O3. The molecule has 0 aliphatic heterocycles. The monoisotopic (exact) mass is 268 g/mol. The topological polar surface area (TPSA) is 84.4 Å². The van der Waals surface area contributed by atoms with Gasteiger partial charge in [0.2, 0.25) is 0 Å². The standard InChI is InChI=1S/C11H22N2O3.K/c1-2-3-4-10(14)9-13-8-7-12-6-5-11(15)16;/h3-4,10,12-14H,2,5-9H2,1H3,(H,15,16);/q;+1/p-1/b4-3+;. The molecule has 0 aliphatic carbocycles. The summed E-state index contributed by atoms with van der Waals surface area (Å²) in [5.41, 5.74) is 0. The summed E-state index contributed by atoms with van der Waals surface area (Å²) in [6.07, 6.45) is 4.17. The number of aliphatic hydroxyl groups is 1. The van der Waals surface area contributed by atoms with Crippen LogP contribution in [0.3, 0.4) is 0 Å². The largest absolute Gasteiger partial charge is 1.00 e. The number of carbonyl (C=O) groups excluding carboxylic acids is 1. The normalized spacial score (nSPS) is 12.4. The van der Waals surface area contributed by atoms with Gasteiger partial charge < -0.3 is 25.6 Å². The van der Waals surface area contributed by atoms with E-state index in [0.717, 1.165) is 6.42 Å². The minimum absolute atomic E-state index is 0. The van der Waals surface area contributed by atoms with Gasteiger partial charge in [0, 0.05) is 32.1 Å². The van der Waals surface area contributed by atoms with Crippen LogP contribution in [0.1, 0.15) is 19.8 Å². The first-order valence-electron chi connectivity index (χ1n) is 5.62. The molecule has 5 nitrogen and oxygen atoms in total. The fraction of sp³-hybridized carbons (Fsp3) is 0.727. The number of nitrogens with one attached hydrogen (secondary N) is 2. The third-order valence-corrected chi connectivity index (χ3v) is 1.93. The number of aliphatic carboxylic acids is 1. The van der Waals surface area contributed by atoms with Gasteiger partial charge >= 0.3 is 51.4 Å². The molecule has 0 rings (SSSR count). The molecule has 0 aliphatic rings. The molecule has 6 heteroatoms. The van der Waals surface area contributed by atoms with Gasteiger partial charge in [0.25, 0.3) is 0 Å². The van der Waals surface area contributed by atoms with Gasteiger partial charge in [0.05, 0.1) is 6.10 Å². The number of carbonyl (C=O) groups is 1. The average molecular weight is 268 g/mol. The van der Waals surface area contributed by atoms with Crippen molar-refractivity contribution in [3.63, 3.8) is 0 Å². The number of aliphatic hydroxyl groups excluding tert-OH is 1. The van der Waals surface area contributed by atoms with Crippen molar-refractivity contribution in [2.75, 3.05) is 26.2 Å². The van der Waals surface area contributed by atoms with Gasteiger partial charge in [-0.15, -0.1) is 0 Å². The molecule has 0 spiro atoms. The van der Waals surface area contributed by atoms with Crippen LogP contribution in [0.15, 0.2) is 12.2 Å². The van der Waals surface area contributed by atoms with Crippen molar-refractivity contribution in [3.05, 3.63) is 12.2 Å². The molecule has 94 valence electrons. The number of carboxylic acid groups (broad SMARTS) is 1. The maximum absolute atomic E-state index is 10.1. The Morgan fingerprint density at radius 1 is 1.35 bits per heavy atom. The maximum atomic E-state index is 10.1. The van der Waals surface area contributed by atoms with Crippen LogP contribution in [0.25, 0.3) is 0 Å². The Morgan fingerprint density at radius 3 is 2.59 bits per heavy atom. The molecule has 0 aromatic carbocycles. The summed E-state index contributed by atoms with van der Waals surface area (Å²) in [5.74, 6) is -1.04. The molecule has 0 bridgehead atoms. The van der Waals surface area contributed by atoms with E-state index in [1.807, 2.05) is 13.0 Å². The van der Waals surface area contributed by atoms with E-state index in [-0.39, 0.29) is 57.8 Å². The van der Waals surface area contributed by atoms with Gasteiger partial charge in [-0.2, -0.15) is 0 Å². The van der Waals surface area contributed by atoms with E-state index >= 15 is 0 Å². The molecule has 0 amide bonds. The Kier molecular flexibility index (Phi) is 17.4. The summed E-state index contributed by atoms with van der Waals surface area (Å²) in [6, 6.07) is 0. The molecule has 0 aromatic rings. The van der Waals surface area contributed by atoms with Gasteiger partial charge in [-0.25, -0.2) is 0 Å². The summed E-state index contributed by atoms with van der Waals surface area (Å²) < 4.78 is 0. The van der Waals surface area contributed by atoms with Gasteiger partial charge in [0.15, 0.2) is 0 Å². The SMILES string of the molecule is CC/C=C/C(O)CNCCNCCC(=O)[O-].[K+]. The van der Waals surface area contributed by atoms with Crippen molar-refractivity contribution in [1.29, 1.82) is 0 Å². The molecule has 0 saturated heterocycles. The second-order valence-corrected chi connectivity index (χ2v) is 3.48. The van der Waals surface area contributed by atoms with Crippen molar-refractivity contribution in [1.82, 2.24) is 10.6 Å². The summed E-state index contributed by atoms with van der Waals surface area (Å²) in [5, 5.41) is 25.5. The summed E-state index contributed by atoms with van der Waals surface area (Å²) in [6.45, 7) is 4.32. The van der Waals surface area contributed by atoms with Gasteiger partial charge in [-0.1, -0.05) is 19.1 Å². The number of rotatable bonds is 10. The Hall–Kier alpha value is 0.726. The molecule has 3 N–H and O–H groups in total. The minimum atomic E-state index is -1.04. The Morgan fingerprint density at radius 2 is 2.00 bits per heavy atom. The first-order chi connectivity index (χ1) is 7.66. The van der Waals surface area contributed by atoms with Crippen molar-refractivity contribution in [2.45, 2.75) is 25.9 Å². The fourth-order valence-corrected chi connectivity index (χ4v) is 1.10.